The van der Waals surface area contributed by atoms with Crippen LogP contribution in [0.4, 0.5) is 5.69 Å². The lowest BCUT2D eigenvalue weighted by Gasteiger charge is -2.19. The maximum atomic E-state index is 12.5. The molecule has 1 unspecified atom stereocenters. The Morgan fingerprint density at radius 1 is 1.26 bits per heavy atom. The first-order valence-electron chi connectivity index (χ1n) is 9.45. The van der Waals surface area contributed by atoms with Crippen LogP contribution in [0.2, 0.25) is 0 Å². The van der Waals surface area contributed by atoms with Gasteiger partial charge in [-0.15, -0.1) is 11.3 Å². The highest BCUT2D eigenvalue weighted by Crippen LogP contribution is 2.28. The zero-order valence-electron chi connectivity index (χ0n) is 15.4. The molecule has 1 aliphatic rings. The first-order valence-corrected chi connectivity index (χ1v) is 10.3. The zero-order valence-corrected chi connectivity index (χ0v) is 16.2. The molecule has 5 nitrogen and oxygen atoms in total. The summed E-state index contributed by atoms with van der Waals surface area (Å²) in [6.07, 6.45) is 2.22. The molecule has 1 saturated heterocycles. The Bertz CT molecular complexity index is 890. The van der Waals surface area contributed by atoms with Gasteiger partial charge in [-0.1, -0.05) is 12.1 Å². The molecule has 0 bridgehead atoms. The quantitative estimate of drug-likeness (QED) is 0.689. The van der Waals surface area contributed by atoms with E-state index in [-0.39, 0.29) is 5.91 Å². The van der Waals surface area contributed by atoms with Crippen molar-refractivity contribution < 1.29 is 14.4 Å². The van der Waals surface area contributed by atoms with E-state index in [1.54, 1.807) is 11.3 Å². The topological polar surface area (TPSA) is 55.7 Å². The molecule has 6 heteroatoms. The number of nitrogens with zero attached hydrogens (tertiary/aromatic N) is 1. The first-order chi connectivity index (χ1) is 13.2. The predicted octanol–water partition coefficient (Wildman–Crippen LogP) is 3.05. The molecule has 1 fully saturated rings. The minimum absolute atomic E-state index is 0.0437. The number of fused-ring (bicyclic) bond motifs is 1. The number of aromatic nitrogens is 1. The number of rotatable bonds is 6. The fraction of sp³-hybridized carbons (Fsp3) is 0.333. The van der Waals surface area contributed by atoms with Crippen LogP contribution in [-0.2, 0) is 4.79 Å². The summed E-state index contributed by atoms with van der Waals surface area (Å²) in [6.45, 7) is 4.07. The normalized spacial score (nSPS) is 19.3. The largest absolute Gasteiger partial charge is 0.494 e. The van der Waals surface area contributed by atoms with Crippen molar-refractivity contribution in [3.63, 3.8) is 0 Å². The molecule has 1 aliphatic heterocycles. The van der Waals surface area contributed by atoms with E-state index >= 15 is 0 Å². The number of hydrogen-bond acceptors (Lipinski definition) is 4. The molecule has 3 aromatic rings. The number of carbonyl (C=O) groups excluding carboxylic acids is 1. The van der Waals surface area contributed by atoms with Crippen molar-refractivity contribution in [1.29, 1.82) is 0 Å². The van der Waals surface area contributed by atoms with E-state index in [0.717, 1.165) is 41.3 Å². The fourth-order valence-electron chi connectivity index (χ4n) is 3.67. The van der Waals surface area contributed by atoms with Gasteiger partial charge < -0.3 is 15.0 Å². The summed E-state index contributed by atoms with van der Waals surface area (Å²) in [4.78, 5) is 18.7. The van der Waals surface area contributed by atoms with Crippen molar-refractivity contribution in [1.82, 2.24) is 4.98 Å². The van der Waals surface area contributed by atoms with Crippen LogP contribution in [0.5, 0.6) is 5.75 Å². The maximum Gasteiger partial charge on any atom is 0.279 e. The standard InChI is InChI=1S/C21H23N3O2S/c1-2-26-16-11-9-15(10-12-16)22-20(25)14-24-13-5-7-18(24)21-23-17-6-3-4-8-19(17)27-21/h3-4,6,8-12,18H,2,5,7,13-14H2,1H3,(H,22,25)/p+1/t18-/m0/s1. The lowest BCUT2D eigenvalue weighted by Crippen LogP contribution is -3.11. The summed E-state index contributed by atoms with van der Waals surface area (Å²) in [6, 6.07) is 16.1. The molecule has 27 heavy (non-hydrogen) atoms. The van der Waals surface area contributed by atoms with Gasteiger partial charge in [0.1, 0.15) is 11.8 Å². The molecule has 2 atom stereocenters. The van der Waals surface area contributed by atoms with Gasteiger partial charge in [0, 0.05) is 18.5 Å². The van der Waals surface area contributed by atoms with E-state index in [1.165, 1.54) is 9.60 Å². The number of quaternary nitrogens is 1. The maximum absolute atomic E-state index is 12.5. The Morgan fingerprint density at radius 2 is 2.07 bits per heavy atom. The van der Waals surface area contributed by atoms with Crippen LogP contribution in [-0.4, -0.2) is 30.6 Å². The molecule has 1 amide bonds. The zero-order chi connectivity index (χ0) is 18.6. The number of hydrogen-bond donors (Lipinski definition) is 2. The third kappa shape index (κ3) is 4.12. The van der Waals surface area contributed by atoms with E-state index < -0.39 is 0 Å². The van der Waals surface area contributed by atoms with E-state index in [4.69, 9.17) is 9.72 Å². The molecule has 2 aromatic carbocycles. The average Bonchev–Trinajstić information content (AvgIpc) is 3.29. The average molecular weight is 383 g/mol. The molecule has 2 N–H and O–H groups in total. The van der Waals surface area contributed by atoms with E-state index in [9.17, 15) is 4.79 Å². The number of carbonyl (C=O) groups is 1. The minimum Gasteiger partial charge on any atom is -0.494 e. The Balaban J connectivity index is 1.40. The predicted molar refractivity (Wildman–Crippen MR) is 109 cm³/mol. The fourth-order valence-corrected chi connectivity index (χ4v) is 4.83. The molecule has 4 rings (SSSR count). The van der Waals surface area contributed by atoms with E-state index in [1.807, 2.05) is 43.3 Å². The van der Waals surface area contributed by atoms with Crippen molar-refractivity contribution in [2.45, 2.75) is 25.8 Å². The summed E-state index contributed by atoms with van der Waals surface area (Å²) in [5.74, 6) is 0.860. The summed E-state index contributed by atoms with van der Waals surface area (Å²) < 4.78 is 6.66. The summed E-state index contributed by atoms with van der Waals surface area (Å²) in [5, 5.41) is 4.15. The van der Waals surface area contributed by atoms with Crippen LogP contribution in [0.25, 0.3) is 10.2 Å². The number of para-hydroxylation sites is 1. The van der Waals surface area contributed by atoms with Crippen LogP contribution >= 0.6 is 11.3 Å². The molecule has 140 valence electrons. The monoisotopic (exact) mass is 382 g/mol. The van der Waals surface area contributed by atoms with Crippen LogP contribution < -0.4 is 15.0 Å². The second-order valence-corrected chi connectivity index (χ2v) is 7.87. The number of thiazole rings is 1. The molecule has 0 spiro atoms. The number of benzene rings is 2. The van der Waals surface area contributed by atoms with Crippen molar-refractivity contribution in [2.24, 2.45) is 0 Å². The van der Waals surface area contributed by atoms with E-state index in [2.05, 4.69) is 17.4 Å². The number of nitrogens with one attached hydrogen (secondary N) is 2. The number of ether oxygens (including phenoxy) is 1. The highest BCUT2D eigenvalue weighted by molar-refractivity contribution is 7.18. The number of likely N-dealkylation sites (tertiary alicyclic amines) is 1. The highest BCUT2D eigenvalue weighted by atomic mass is 32.1. The lowest BCUT2D eigenvalue weighted by atomic mass is 10.2. The van der Waals surface area contributed by atoms with E-state index in [0.29, 0.717) is 19.2 Å². The smallest absolute Gasteiger partial charge is 0.279 e. The molecular weight excluding hydrogens is 358 g/mol. The summed E-state index contributed by atoms with van der Waals surface area (Å²) in [5.41, 5.74) is 1.86. The molecule has 0 radical (unpaired) electrons. The Labute approximate surface area is 163 Å². The van der Waals surface area contributed by atoms with Crippen molar-refractivity contribution in [3.8, 4) is 5.75 Å². The van der Waals surface area contributed by atoms with Gasteiger partial charge in [0.25, 0.3) is 5.91 Å². The van der Waals surface area contributed by atoms with Gasteiger partial charge in [-0.3, -0.25) is 4.79 Å². The van der Waals surface area contributed by atoms with Gasteiger partial charge in [0.05, 0.1) is 23.4 Å². The second kappa shape index (κ2) is 8.06. The summed E-state index contributed by atoms with van der Waals surface area (Å²) >= 11 is 1.76. The van der Waals surface area contributed by atoms with Gasteiger partial charge in [-0.05, 0) is 43.3 Å². The second-order valence-electron chi connectivity index (χ2n) is 6.81. The van der Waals surface area contributed by atoms with Crippen molar-refractivity contribution in [2.75, 3.05) is 25.0 Å². The van der Waals surface area contributed by atoms with Gasteiger partial charge in [-0.25, -0.2) is 4.98 Å². The SMILES string of the molecule is CCOc1ccc(NC(=O)C[NH+]2CCC[C@H]2c2nc3ccccc3s2)cc1. The first kappa shape index (κ1) is 17.9. The minimum atomic E-state index is 0.0437. The highest BCUT2D eigenvalue weighted by Gasteiger charge is 2.33. The van der Waals surface area contributed by atoms with Gasteiger partial charge >= 0.3 is 0 Å². The molecule has 2 heterocycles. The molecule has 0 aliphatic carbocycles. The molecule has 0 saturated carbocycles. The van der Waals surface area contributed by atoms with Gasteiger partial charge in [0.2, 0.25) is 0 Å². The number of anilines is 1. The van der Waals surface area contributed by atoms with Crippen molar-refractivity contribution >= 4 is 33.1 Å². The summed E-state index contributed by atoms with van der Waals surface area (Å²) in [7, 11) is 0. The van der Waals surface area contributed by atoms with Gasteiger partial charge in [-0.2, -0.15) is 0 Å². The Morgan fingerprint density at radius 3 is 2.85 bits per heavy atom. The van der Waals surface area contributed by atoms with Crippen LogP contribution in [0.1, 0.15) is 30.8 Å². The van der Waals surface area contributed by atoms with Crippen LogP contribution in [0.3, 0.4) is 0 Å². The molecular formula is C21H24N3O2S+. The number of amides is 1. The van der Waals surface area contributed by atoms with Gasteiger partial charge in [0.15, 0.2) is 11.6 Å². The Kier molecular flexibility index (Phi) is 5.36. The third-order valence-electron chi connectivity index (χ3n) is 4.93. The van der Waals surface area contributed by atoms with Crippen molar-refractivity contribution in [3.05, 3.63) is 53.5 Å². The van der Waals surface area contributed by atoms with Crippen LogP contribution in [0, 0.1) is 0 Å². The third-order valence-corrected chi connectivity index (χ3v) is 6.08. The molecule has 1 aromatic heterocycles. The van der Waals surface area contributed by atoms with Crippen LogP contribution in [0.15, 0.2) is 48.5 Å². The Hall–Kier alpha value is -2.44. The lowest BCUT2D eigenvalue weighted by molar-refractivity contribution is -0.910.